The fourth-order valence-electron chi connectivity index (χ4n) is 5.76. The molecule has 7 heteroatoms. The van der Waals surface area contributed by atoms with Crippen molar-refractivity contribution >= 4 is 45.1 Å². The van der Waals surface area contributed by atoms with Crippen LogP contribution in [0.1, 0.15) is 28.2 Å². The molecule has 2 unspecified atom stereocenters. The molecule has 6 aromatic rings. The van der Waals surface area contributed by atoms with E-state index in [9.17, 15) is 0 Å². The third kappa shape index (κ3) is 6.47. The Morgan fingerprint density at radius 1 is 0.667 bits per heavy atom. The first-order chi connectivity index (χ1) is 21.6. The van der Waals surface area contributed by atoms with Gasteiger partial charge in [-0.2, -0.15) is 0 Å². The zero-order valence-corrected chi connectivity index (χ0v) is 27.1. The number of amidine groups is 1. The Labute approximate surface area is 276 Å². The van der Waals surface area contributed by atoms with E-state index in [4.69, 9.17) is 0 Å². The van der Waals surface area contributed by atoms with Crippen LogP contribution in [0.2, 0.25) is 0 Å². The number of hydrogen-bond acceptors (Lipinski definition) is 4. The van der Waals surface area contributed by atoms with E-state index in [-0.39, 0.29) is 27.0 Å². The predicted molar refractivity (Wildman–Crippen MR) is 179 cm³/mol. The van der Waals surface area contributed by atoms with Crippen LogP contribution >= 0.6 is 0 Å². The van der Waals surface area contributed by atoms with Gasteiger partial charge in [-0.15, -0.1) is 0 Å². The number of benzene rings is 3. The summed E-state index contributed by atoms with van der Waals surface area (Å²) in [5, 5.41) is 9.14. The SMILES string of the molecule is Cc1ccnc(N=C2[N-]C=CC3c4ccccc4C=CC23)c1.Cc1ccnc(N=c2[n-]ccc3c2ccc2ccccc23)c1.[Pt+2]. The minimum Gasteiger partial charge on any atom is -0.446 e. The second kappa shape index (κ2) is 13.4. The molecule has 6 nitrogen and oxygen atoms in total. The van der Waals surface area contributed by atoms with Crippen LogP contribution in [0.25, 0.3) is 32.9 Å². The summed E-state index contributed by atoms with van der Waals surface area (Å²) >= 11 is 0. The fourth-order valence-corrected chi connectivity index (χ4v) is 5.76. The van der Waals surface area contributed by atoms with Crippen LogP contribution in [0.5, 0.6) is 0 Å². The second-order valence-corrected chi connectivity index (χ2v) is 11.0. The molecule has 8 rings (SSSR count). The van der Waals surface area contributed by atoms with E-state index < -0.39 is 0 Å². The van der Waals surface area contributed by atoms with Crippen LogP contribution in [0, 0.1) is 19.8 Å². The number of nitrogens with zero attached hydrogens (tertiary/aromatic N) is 6. The van der Waals surface area contributed by atoms with Crippen molar-refractivity contribution in [1.82, 2.24) is 15.0 Å². The molecule has 1 aliphatic carbocycles. The molecule has 0 saturated heterocycles. The van der Waals surface area contributed by atoms with Crippen LogP contribution in [0.4, 0.5) is 11.6 Å². The average molecular weight is 766 g/mol. The van der Waals surface area contributed by atoms with E-state index in [2.05, 4.69) is 109 Å². The number of rotatable bonds is 2. The molecule has 0 radical (unpaired) electrons. The van der Waals surface area contributed by atoms with Gasteiger partial charge in [0, 0.05) is 24.2 Å². The van der Waals surface area contributed by atoms with E-state index >= 15 is 0 Å². The number of hydrogen-bond donors (Lipinski definition) is 0. The summed E-state index contributed by atoms with van der Waals surface area (Å²) in [4.78, 5) is 22.3. The van der Waals surface area contributed by atoms with Crippen molar-refractivity contribution in [2.45, 2.75) is 19.8 Å². The molecule has 45 heavy (non-hydrogen) atoms. The van der Waals surface area contributed by atoms with E-state index in [1.807, 2.05) is 56.6 Å². The molecule has 0 fully saturated rings. The number of allylic oxidation sites excluding steroid dienone is 1. The Morgan fingerprint density at radius 2 is 1.40 bits per heavy atom. The Balaban J connectivity index is 0.000000155. The summed E-state index contributed by atoms with van der Waals surface area (Å²) in [6.07, 6.45) is 13.8. The van der Waals surface area contributed by atoms with Gasteiger partial charge in [0.25, 0.3) is 0 Å². The van der Waals surface area contributed by atoms with E-state index in [1.54, 1.807) is 12.4 Å². The quantitative estimate of drug-likeness (QED) is 0.166. The first-order valence-corrected chi connectivity index (χ1v) is 14.7. The van der Waals surface area contributed by atoms with Gasteiger partial charge in [0.1, 0.15) is 0 Å². The third-order valence-corrected chi connectivity index (χ3v) is 7.92. The Kier molecular flexibility index (Phi) is 8.95. The number of fused-ring (bicyclic) bond motifs is 6. The molecule has 2 atom stereocenters. The number of pyridine rings is 3. The first kappa shape index (κ1) is 30.1. The molecule has 0 saturated carbocycles. The van der Waals surface area contributed by atoms with Gasteiger partial charge in [0.2, 0.25) is 0 Å². The average Bonchev–Trinajstić information content (AvgIpc) is 3.05. The first-order valence-electron chi connectivity index (χ1n) is 14.7. The Morgan fingerprint density at radius 3 is 2.20 bits per heavy atom. The maximum Gasteiger partial charge on any atom is 2.00 e. The zero-order chi connectivity index (χ0) is 29.9. The molecular formula is C38H30N6Pt. The topological polar surface area (TPSA) is 78.7 Å². The van der Waals surface area contributed by atoms with Crippen LogP contribution in [0.3, 0.4) is 0 Å². The molecule has 0 amide bonds. The summed E-state index contributed by atoms with van der Waals surface area (Å²) in [5.41, 5.74) is 5.62. The Hall–Kier alpha value is -4.93. The number of aliphatic imine (C=N–C) groups is 1. The molecule has 3 aromatic heterocycles. The van der Waals surface area contributed by atoms with Crippen molar-refractivity contribution in [3.05, 3.63) is 161 Å². The monoisotopic (exact) mass is 765 g/mol. The smallest absolute Gasteiger partial charge is 0.446 e. The molecule has 2 aliphatic rings. The molecule has 1 aliphatic heterocycles. The molecule has 0 spiro atoms. The maximum absolute atomic E-state index is 4.67. The van der Waals surface area contributed by atoms with Crippen molar-refractivity contribution in [2.24, 2.45) is 15.9 Å². The molecule has 0 N–H and O–H groups in total. The van der Waals surface area contributed by atoms with Crippen LogP contribution < -0.4 is 10.5 Å². The standard InChI is InChI=1S/C19H16N3.C19H14N3.Pt/c2*1-13-8-10-20-18(12-13)22-19-17-7-6-14-4-2-3-5-15(14)16(17)9-11-21-19;/h2-12,16-17H,1H3;2-12H,1H3;/q2*-1;+2. The van der Waals surface area contributed by atoms with E-state index in [0.29, 0.717) is 17.2 Å². The van der Waals surface area contributed by atoms with Crippen molar-refractivity contribution < 1.29 is 21.1 Å². The van der Waals surface area contributed by atoms with Crippen molar-refractivity contribution in [2.75, 3.05) is 0 Å². The summed E-state index contributed by atoms with van der Waals surface area (Å²) < 4.78 is 0. The molecule has 0 bridgehead atoms. The predicted octanol–water partition coefficient (Wildman–Crippen LogP) is 8.63. The minimum atomic E-state index is 0. The number of aryl methyl sites for hydroxylation is 2. The second-order valence-electron chi connectivity index (χ2n) is 11.0. The summed E-state index contributed by atoms with van der Waals surface area (Å²) in [6.45, 7) is 4.08. The molecule has 3 aromatic carbocycles. The molecular weight excluding hydrogens is 736 g/mol. The van der Waals surface area contributed by atoms with Gasteiger partial charge in [0.05, 0.1) is 11.6 Å². The summed E-state index contributed by atoms with van der Waals surface area (Å²) in [7, 11) is 0. The van der Waals surface area contributed by atoms with E-state index in [1.165, 1.54) is 27.3 Å². The van der Waals surface area contributed by atoms with Crippen molar-refractivity contribution in [1.29, 1.82) is 0 Å². The summed E-state index contributed by atoms with van der Waals surface area (Å²) in [5.74, 6) is 2.73. The fraction of sp³-hybridized carbons (Fsp3) is 0.105. The number of aromatic nitrogens is 3. The van der Waals surface area contributed by atoms with Crippen LogP contribution in [-0.4, -0.2) is 15.8 Å². The van der Waals surface area contributed by atoms with Crippen molar-refractivity contribution in [3.8, 4) is 0 Å². The van der Waals surface area contributed by atoms with Gasteiger partial charge in [-0.1, -0.05) is 103 Å². The van der Waals surface area contributed by atoms with Crippen LogP contribution in [-0.2, 0) is 21.1 Å². The van der Waals surface area contributed by atoms with Crippen LogP contribution in [0.15, 0.2) is 138 Å². The van der Waals surface area contributed by atoms with Gasteiger partial charge < -0.3 is 20.3 Å². The molecule has 4 heterocycles. The largest absolute Gasteiger partial charge is 2.00 e. The van der Waals surface area contributed by atoms with Gasteiger partial charge in [-0.05, 0) is 87.4 Å². The normalized spacial score (nSPS) is 17.6. The minimum absolute atomic E-state index is 0. The molecule has 222 valence electrons. The van der Waals surface area contributed by atoms with Gasteiger partial charge in [-0.25, -0.2) is 0 Å². The van der Waals surface area contributed by atoms with Gasteiger partial charge in [0.15, 0.2) is 0 Å². The van der Waals surface area contributed by atoms with E-state index in [0.717, 1.165) is 28.2 Å². The van der Waals surface area contributed by atoms with Gasteiger partial charge >= 0.3 is 21.1 Å². The zero-order valence-electron chi connectivity index (χ0n) is 24.9. The van der Waals surface area contributed by atoms with Crippen molar-refractivity contribution in [3.63, 3.8) is 0 Å². The summed E-state index contributed by atoms with van der Waals surface area (Å²) in [6, 6.07) is 31.0. The third-order valence-electron chi connectivity index (χ3n) is 7.92. The Bertz CT molecular complexity index is 2160. The van der Waals surface area contributed by atoms with Gasteiger partial charge in [-0.3, -0.25) is 9.97 Å². The maximum atomic E-state index is 4.67.